The van der Waals surface area contributed by atoms with Crippen LogP contribution in [0.5, 0.6) is 11.5 Å². The average Bonchev–Trinajstić information content (AvgIpc) is 3.42. The second kappa shape index (κ2) is 11.9. The van der Waals surface area contributed by atoms with E-state index in [0.717, 1.165) is 17.7 Å². The first kappa shape index (κ1) is 33.2. The zero-order chi connectivity index (χ0) is 34.5. The maximum atomic E-state index is 15.1. The van der Waals surface area contributed by atoms with Crippen LogP contribution in [0.25, 0.3) is 22.2 Å². The van der Waals surface area contributed by atoms with E-state index in [1.54, 1.807) is 19.9 Å². The van der Waals surface area contributed by atoms with Crippen LogP contribution in [0.1, 0.15) is 38.4 Å². The molecule has 0 saturated heterocycles. The van der Waals surface area contributed by atoms with Crippen molar-refractivity contribution < 1.29 is 45.8 Å². The fourth-order valence-corrected chi connectivity index (χ4v) is 5.47. The number of methoxy groups -OCH3 is 1. The summed E-state index contributed by atoms with van der Waals surface area (Å²) in [6.07, 6.45) is -5.79. The predicted molar refractivity (Wildman–Crippen MR) is 161 cm³/mol. The first-order chi connectivity index (χ1) is 22.1. The van der Waals surface area contributed by atoms with Crippen molar-refractivity contribution in [1.29, 1.82) is 0 Å². The van der Waals surface area contributed by atoms with Gasteiger partial charge in [-0.15, -0.1) is 0 Å². The Morgan fingerprint density at radius 1 is 1.09 bits per heavy atom. The number of primary amides is 1. The standard InChI is InChI=1S/C33H29F5N4O5/c1-16-7-20-9-21(10-24(46-4)26(20)41-18(16)3)29(44)40-13-32(14-43,33(36,37)38)25-11-22-28(47-15-31(22,12-34)30(39)45)27(42-25)19-5-6-23(35)17(2)8-19/h5-11,14H,12-13,15H2,1-4H3,(H2,39,45)(H,40,44)/t31-,32+/m1/s1. The number of hydrogen-bond acceptors (Lipinski definition) is 7. The van der Waals surface area contributed by atoms with Gasteiger partial charge < -0.3 is 25.3 Å². The second-order valence-electron chi connectivity index (χ2n) is 11.5. The molecular weight excluding hydrogens is 627 g/mol. The van der Waals surface area contributed by atoms with Crippen molar-refractivity contribution >= 4 is 29.0 Å². The number of fused-ring (bicyclic) bond motifs is 2. The van der Waals surface area contributed by atoms with Gasteiger partial charge in [0.1, 0.15) is 53.5 Å². The summed E-state index contributed by atoms with van der Waals surface area (Å²) in [5.41, 5.74) is 0.208. The molecular formula is C33H29F5N4O5. The zero-order valence-corrected chi connectivity index (χ0v) is 25.6. The number of aryl methyl sites for hydroxylation is 3. The Kier molecular flexibility index (Phi) is 8.41. The van der Waals surface area contributed by atoms with Gasteiger partial charge in [0.15, 0.2) is 5.41 Å². The number of aldehydes is 1. The number of amides is 2. The molecule has 2 atom stereocenters. The first-order valence-electron chi connectivity index (χ1n) is 14.2. The van der Waals surface area contributed by atoms with Crippen molar-refractivity contribution in [3.63, 3.8) is 0 Å². The number of hydrogen-bond donors (Lipinski definition) is 2. The topological polar surface area (TPSA) is 134 Å². The summed E-state index contributed by atoms with van der Waals surface area (Å²) in [6.45, 7) is 1.57. The van der Waals surface area contributed by atoms with Crippen LogP contribution in [0.15, 0.2) is 42.5 Å². The summed E-state index contributed by atoms with van der Waals surface area (Å²) in [4.78, 5) is 47.1. The Balaban J connectivity index is 1.66. The fourth-order valence-electron chi connectivity index (χ4n) is 5.47. The minimum atomic E-state index is -5.37. The molecule has 1 aliphatic rings. The van der Waals surface area contributed by atoms with Crippen LogP contribution in [-0.4, -0.2) is 61.2 Å². The van der Waals surface area contributed by atoms with Gasteiger partial charge in [-0.05, 0) is 74.4 Å². The number of carbonyl (C=O) groups excluding carboxylic acids is 3. The number of pyridine rings is 2. The zero-order valence-electron chi connectivity index (χ0n) is 25.6. The van der Waals surface area contributed by atoms with E-state index in [1.165, 1.54) is 38.3 Å². The number of benzene rings is 2. The number of ether oxygens (including phenoxy) is 2. The van der Waals surface area contributed by atoms with Crippen molar-refractivity contribution in [2.45, 2.75) is 37.8 Å². The molecule has 5 rings (SSSR count). The maximum absolute atomic E-state index is 15.1. The summed E-state index contributed by atoms with van der Waals surface area (Å²) in [5, 5.41) is 2.68. The van der Waals surface area contributed by atoms with Crippen LogP contribution in [0, 0.1) is 26.6 Å². The first-order valence-corrected chi connectivity index (χ1v) is 14.2. The molecule has 0 fully saturated rings. The van der Waals surface area contributed by atoms with Crippen LogP contribution in [0.2, 0.25) is 0 Å². The monoisotopic (exact) mass is 656 g/mol. The normalized spacial score (nSPS) is 17.0. The number of nitrogens with one attached hydrogen (secondary N) is 1. The Morgan fingerprint density at radius 2 is 1.81 bits per heavy atom. The molecule has 1 aliphatic heterocycles. The van der Waals surface area contributed by atoms with Gasteiger partial charge in [-0.1, -0.05) is 0 Å². The van der Waals surface area contributed by atoms with Crippen LogP contribution < -0.4 is 20.5 Å². The van der Waals surface area contributed by atoms with Crippen LogP contribution in [0.3, 0.4) is 0 Å². The minimum absolute atomic E-state index is 0.0644. The SMILES string of the molecule is COc1cc(C(=O)NC[C@](C=O)(c2cc3c(c(-c4ccc(F)c(C)c4)n2)OC[C@@]3(CF)C(N)=O)C(F)(F)F)cc2cc(C)c(C)nc12. The van der Waals surface area contributed by atoms with Gasteiger partial charge in [0.05, 0.1) is 12.8 Å². The lowest BCUT2D eigenvalue weighted by Crippen LogP contribution is -2.53. The highest BCUT2D eigenvalue weighted by Gasteiger charge is 2.59. The van der Waals surface area contributed by atoms with E-state index in [-0.39, 0.29) is 39.4 Å². The highest BCUT2D eigenvalue weighted by molar-refractivity contribution is 6.00. The molecule has 2 amide bonds. The van der Waals surface area contributed by atoms with Crippen molar-refractivity contribution in [2.24, 2.45) is 5.73 Å². The van der Waals surface area contributed by atoms with E-state index in [0.29, 0.717) is 16.6 Å². The summed E-state index contributed by atoms with van der Waals surface area (Å²) >= 11 is 0. The molecule has 3 heterocycles. The van der Waals surface area contributed by atoms with E-state index >= 15 is 13.2 Å². The van der Waals surface area contributed by atoms with Gasteiger partial charge in [0.2, 0.25) is 5.91 Å². The summed E-state index contributed by atoms with van der Waals surface area (Å²) < 4.78 is 84.8. The van der Waals surface area contributed by atoms with Crippen molar-refractivity contribution in [1.82, 2.24) is 15.3 Å². The molecule has 0 unspecified atom stereocenters. The number of nitrogens with two attached hydrogens (primary N) is 1. The molecule has 2 aromatic carbocycles. The Labute approximate surface area is 265 Å². The van der Waals surface area contributed by atoms with Crippen molar-refractivity contribution in [3.8, 4) is 22.8 Å². The lowest BCUT2D eigenvalue weighted by molar-refractivity contribution is -0.186. The second-order valence-corrected chi connectivity index (χ2v) is 11.5. The third-order valence-electron chi connectivity index (χ3n) is 8.58. The largest absolute Gasteiger partial charge is 0.494 e. The molecule has 0 radical (unpaired) electrons. The predicted octanol–water partition coefficient (Wildman–Crippen LogP) is 4.88. The van der Waals surface area contributed by atoms with Crippen LogP contribution >= 0.6 is 0 Å². The number of aromatic nitrogens is 2. The third kappa shape index (κ3) is 5.40. The quantitative estimate of drug-likeness (QED) is 0.194. The van der Waals surface area contributed by atoms with Gasteiger partial charge in [-0.3, -0.25) is 9.59 Å². The summed E-state index contributed by atoms with van der Waals surface area (Å²) in [6, 6.07) is 8.74. The summed E-state index contributed by atoms with van der Waals surface area (Å²) in [7, 11) is 1.35. The van der Waals surface area contributed by atoms with Gasteiger partial charge in [-0.25, -0.2) is 18.7 Å². The molecule has 14 heteroatoms. The van der Waals surface area contributed by atoms with Gasteiger partial charge in [-0.2, -0.15) is 13.2 Å². The number of rotatable bonds is 9. The molecule has 0 aliphatic carbocycles. The molecule has 0 spiro atoms. The highest BCUT2D eigenvalue weighted by atomic mass is 19.4. The van der Waals surface area contributed by atoms with Crippen molar-refractivity contribution in [3.05, 3.63) is 81.9 Å². The third-order valence-corrected chi connectivity index (χ3v) is 8.58. The number of carbonyl (C=O) groups is 3. The molecule has 3 N–H and O–H groups in total. The fraction of sp³-hybridized carbons (Fsp3) is 0.303. The molecule has 246 valence electrons. The van der Waals surface area contributed by atoms with E-state index in [2.05, 4.69) is 15.3 Å². The van der Waals surface area contributed by atoms with E-state index < -0.39 is 66.4 Å². The van der Waals surface area contributed by atoms with Crippen molar-refractivity contribution in [2.75, 3.05) is 26.9 Å². The van der Waals surface area contributed by atoms with Gasteiger partial charge in [0.25, 0.3) is 5.91 Å². The molecule has 2 aromatic heterocycles. The lowest BCUT2D eigenvalue weighted by Gasteiger charge is -2.31. The molecule has 4 aromatic rings. The molecule has 0 bridgehead atoms. The maximum Gasteiger partial charge on any atom is 0.408 e. The number of halogens is 5. The summed E-state index contributed by atoms with van der Waals surface area (Å²) in [5.74, 6) is -2.87. The van der Waals surface area contributed by atoms with Gasteiger partial charge in [0, 0.05) is 34.3 Å². The van der Waals surface area contributed by atoms with Crippen LogP contribution in [-0.2, 0) is 20.4 Å². The Bertz CT molecular complexity index is 1950. The smallest absolute Gasteiger partial charge is 0.408 e. The van der Waals surface area contributed by atoms with E-state index in [1.807, 2.05) is 0 Å². The molecule has 9 nitrogen and oxygen atoms in total. The molecule has 47 heavy (non-hydrogen) atoms. The van der Waals surface area contributed by atoms with E-state index in [4.69, 9.17) is 15.2 Å². The Hall–Kier alpha value is -5.14. The number of alkyl halides is 4. The highest BCUT2D eigenvalue weighted by Crippen LogP contribution is 2.48. The van der Waals surface area contributed by atoms with E-state index in [9.17, 15) is 23.2 Å². The lowest BCUT2D eigenvalue weighted by atomic mass is 9.78. The van der Waals surface area contributed by atoms with Gasteiger partial charge >= 0.3 is 6.18 Å². The molecule has 0 saturated carbocycles. The van der Waals surface area contributed by atoms with Crippen LogP contribution in [0.4, 0.5) is 22.0 Å². The number of nitrogens with zero attached hydrogens (tertiary/aromatic N) is 2. The minimum Gasteiger partial charge on any atom is -0.494 e. The Morgan fingerprint density at radius 3 is 2.40 bits per heavy atom. The average molecular weight is 657 g/mol.